The van der Waals surface area contributed by atoms with Crippen LogP contribution in [0.3, 0.4) is 0 Å². The van der Waals surface area contributed by atoms with E-state index in [4.69, 9.17) is 32.9 Å². The van der Waals surface area contributed by atoms with Crippen LogP contribution < -0.4 is 15.7 Å². The maximum atomic E-state index is 14.4. The quantitative estimate of drug-likeness (QED) is 0.0905. The first kappa shape index (κ1) is 38.9. The van der Waals surface area contributed by atoms with E-state index in [0.717, 1.165) is 5.56 Å². The van der Waals surface area contributed by atoms with E-state index in [0.29, 0.717) is 11.4 Å². The zero-order valence-corrected chi connectivity index (χ0v) is 33.1. The van der Waals surface area contributed by atoms with Crippen molar-refractivity contribution in [3.63, 3.8) is 0 Å². The number of anilines is 2. The summed E-state index contributed by atoms with van der Waals surface area (Å²) in [7, 11) is -3.95. The van der Waals surface area contributed by atoms with Gasteiger partial charge in [-0.3, -0.25) is 38.2 Å². The molecule has 1 unspecified atom stereocenters. The molecule has 3 aliphatic heterocycles. The lowest BCUT2D eigenvalue weighted by Crippen LogP contribution is -2.43. The van der Waals surface area contributed by atoms with Gasteiger partial charge in [0.1, 0.15) is 24.6 Å². The van der Waals surface area contributed by atoms with Crippen LogP contribution in [0, 0.1) is 0 Å². The average molecular weight is 866 g/mol. The molecule has 0 bridgehead atoms. The minimum atomic E-state index is -3.95. The van der Waals surface area contributed by atoms with Crippen LogP contribution in [-0.4, -0.2) is 81.4 Å². The van der Waals surface area contributed by atoms with Gasteiger partial charge in [0.25, 0.3) is 5.56 Å². The molecule has 2 aromatic heterocycles. The molecule has 0 spiro atoms. The highest BCUT2D eigenvalue weighted by atomic mass is 79.9. The normalized spacial score (nSPS) is 25.8. The molecule has 17 nitrogen and oxygen atoms in total. The van der Waals surface area contributed by atoms with Crippen LogP contribution in [0.15, 0.2) is 107 Å². The predicted molar refractivity (Wildman–Crippen MR) is 207 cm³/mol. The Morgan fingerprint density at radius 1 is 0.860 bits per heavy atom. The van der Waals surface area contributed by atoms with Crippen molar-refractivity contribution in [1.29, 1.82) is 0 Å². The number of halogens is 1. The van der Waals surface area contributed by atoms with Crippen molar-refractivity contribution >= 4 is 58.1 Å². The molecule has 8 atom stereocenters. The van der Waals surface area contributed by atoms with Crippen molar-refractivity contribution in [3.05, 3.63) is 118 Å². The lowest BCUT2D eigenvalue weighted by Gasteiger charge is -2.34. The van der Waals surface area contributed by atoms with Gasteiger partial charge in [0, 0.05) is 30.8 Å². The Kier molecular flexibility index (Phi) is 11.3. The maximum absolute atomic E-state index is 14.4. The second-order valence-electron chi connectivity index (χ2n) is 13.5. The summed E-state index contributed by atoms with van der Waals surface area (Å²) in [6.45, 7) is 2.43. The molecule has 8 rings (SSSR count). The number of nitrogens with zero attached hydrogens (tertiary/aromatic N) is 4. The Labute approximate surface area is 334 Å². The molecule has 5 heterocycles. The van der Waals surface area contributed by atoms with Crippen molar-refractivity contribution in [1.82, 2.24) is 19.1 Å². The molecule has 0 aliphatic carbocycles. The van der Waals surface area contributed by atoms with Gasteiger partial charge in [0.2, 0.25) is 0 Å². The third-order valence-corrected chi connectivity index (χ3v) is 11.8. The Balaban J connectivity index is 1.09. The van der Waals surface area contributed by atoms with Crippen LogP contribution in [0.4, 0.5) is 11.4 Å². The third kappa shape index (κ3) is 8.25. The van der Waals surface area contributed by atoms with E-state index in [-0.39, 0.29) is 29.1 Å². The number of imidazole rings is 1. The van der Waals surface area contributed by atoms with Gasteiger partial charge in [-0.1, -0.05) is 66.7 Å². The summed E-state index contributed by atoms with van der Waals surface area (Å²) >= 11 is 3.45. The minimum absolute atomic E-state index is 0.0305. The van der Waals surface area contributed by atoms with Gasteiger partial charge >= 0.3 is 19.6 Å². The maximum Gasteiger partial charge on any atom is 0.391 e. The average Bonchev–Trinajstić information content (AvgIpc) is 3.87. The number of hydrogen-bond donors (Lipinski definition) is 2. The van der Waals surface area contributed by atoms with Gasteiger partial charge in [-0.15, -0.1) is 0 Å². The minimum Gasteiger partial charge on any atom is -0.456 e. The Morgan fingerprint density at radius 2 is 1.47 bits per heavy atom. The second-order valence-corrected chi connectivity index (χ2v) is 16.0. The summed E-state index contributed by atoms with van der Waals surface area (Å²) in [5.41, 5.74) is 1.42. The zero-order valence-electron chi connectivity index (χ0n) is 30.6. The number of carbonyl (C=O) groups excluding carboxylic acids is 2. The van der Waals surface area contributed by atoms with Crippen LogP contribution in [0.1, 0.15) is 38.0 Å². The van der Waals surface area contributed by atoms with Crippen LogP contribution in [-0.2, 0) is 47.1 Å². The van der Waals surface area contributed by atoms with Gasteiger partial charge < -0.3 is 28.4 Å². The van der Waals surface area contributed by atoms with Crippen LogP contribution in [0.25, 0.3) is 11.2 Å². The fourth-order valence-electron chi connectivity index (χ4n) is 7.12. The fourth-order valence-corrected chi connectivity index (χ4v) is 9.19. The van der Waals surface area contributed by atoms with Gasteiger partial charge in [-0.25, -0.2) is 14.5 Å². The Bertz CT molecular complexity index is 2290. The molecule has 0 radical (unpaired) electrons. The Hall–Kier alpha value is -4.94. The number of ether oxygens (including phenoxy) is 6. The lowest BCUT2D eigenvalue weighted by atomic mass is 10.1. The number of nitrogens with one attached hydrogen (secondary N) is 2. The molecule has 0 saturated carbocycles. The van der Waals surface area contributed by atoms with Gasteiger partial charge in [0.15, 0.2) is 40.6 Å². The highest BCUT2D eigenvalue weighted by molar-refractivity contribution is 9.10. The van der Waals surface area contributed by atoms with Crippen molar-refractivity contribution in [2.24, 2.45) is 0 Å². The smallest absolute Gasteiger partial charge is 0.391 e. The van der Waals surface area contributed by atoms with E-state index < -0.39 is 80.9 Å². The summed E-state index contributed by atoms with van der Waals surface area (Å²) < 4.78 is 59.6. The zero-order chi connectivity index (χ0) is 39.7. The van der Waals surface area contributed by atoms with E-state index in [1.807, 2.05) is 42.5 Å². The first-order chi connectivity index (χ1) is 27.6. The summed E-state index contributed by atoms with van der Waals surface area (Å²) in [5, 5.41) is 5.88. The Morgan fingerprint density at radius 3 is 2.11 bits per heavy atom. The highest BCUT2D eigenvalue weighted by Gasteiger charge is 2.52. The molecule has 2 N–H and O–H groups in total. The number of rotatable bonds is 12. The molecule has 3 saturated heterocycles. The molecule has 57 heavy (non-hydrogen) atoms. The van der Waals surface area contributed by atoms with Crippen LogP contribution in [0.2, 0.25) is 0 Å². The SMILES string of the molecule is CC(=O)O[C@@H]1[C@H](OC(C)=O)[C@@H](COP(=O)(Nc2ccccc2)Nc2ccccc2)O[C@H]1n1c(Br)nc2c(=O)n([C@H]3CO[C@H]4COC(c5ccccc5)O[C@H]43)cnc21. The molecular formula is C38H38BrN6O11P. The number of fused-ring (bicyclic) bond motifs is 2. The van der Waals surface area contributed by atoms with E-state index in [9.17, 15) is 18.9 Å². The van der Waals surface area contributed by atoms with E-state index in [1.54, 1.807) is 48.5 Å². The molecule has 0 amide bonds. The van der Waals surface area contributed by atoms with Gasteiger partial charge in [-0.05, 0) is 40.2 Å². The topological polar surface area (TPSA) is 193 Å². The highest BCUT2D eigenvalue weighted by Crippen LogP contribution is 2.48. The summed E-state index contributed by atoms with van der Waals surface area (Å²) in [4.78, 5) is 48.4. The number of esters is 2. The fraction of sp³-hybridized carbons (Fsp3) is 0.342. The first-order valence-corrected chi connectivity index (χ1v) is 20.5. The van der Waals surface area contributed by atoms with Gasteiger partial charge in [0.05, 0.1) is 25.9 Å². The molecule has 5 aromatic rings. The molecule has 3 aromatic carbocycles. The van der Waals surface area contributed by atoms with Gasteiger partial charge in [-0.2, -0.15) is 0 Å². The summed E-state index contributed by atoms with van der Waals surface area (Å²) in [5.74, 6) is -1.40. The molecule has 3 aliphatic rings. The van der Waals surface area contributed by atoms with Crippen molar-refractivity contribution in [3.8, 4) is 0 Å². The summed E-state index contributed by atoms with van der Waals surface area (Å²) in [6, 6.07) is 26.6. The van der Waals surface area contributed by atoms with E-state index >= 15 is 0 Å². The largest absolute Gasteiger partial charge is 0.456 e. The second kappa shape index (κ2) is 16.5. The molecule has 298 valence electrons. The first-order valence-electron chi connectivity index (χ1n) is 18.1. The standard InChI is InChI=1S/C38H38BrN6O11P/c1-22(46)53-32-29(20-52-57(49,42-25-14-8-4-9-15-25)43-26-16-10-5-11-17-26)55-36(33(32)54-23(2)47)45-34-30(41-38(45)39)35(48)44(21-40-34)27-18-50-28-19-51-37(56-31(27)28)24-12-6-3-7-13-24/h3-17,21,27-29,31-33,36-37H,18-20H2,1-2H3,(H2,42,43,49)/t27-,28-,29+,31-,32+,33+,36+,37?/m0/s1. The predicted octanol–water partition coefficient (Wildman–Crippen LogP) is 5.52. The number of benzene rings is 3. The molecule has 3 fully saturated rings. The third-order valence-electron chi connectivity index (χ3n) is 9.60. The summed E-state index contributed by atoms with van der Waals surface area (Å²) in [6.07, 6.45) is -5.12. The number of hydrogen-bond acceptors (Lipinski definition) is 13. The van der Waals surface area contributed by atoms with E-state index in [2.05, 4.69) is 36.1 Å². The monoisotopic (exact) mass is 864 g/mol. The lowest BCUT2D eigenvalue weighted by molar-refractivity contribution is -0.247. The number of carbonyl (C=O) groups is 2. The van der Waals surface area contributed by atoms with Crippen molar-refractivity contribution in [2.75, 3.05) is 30.0 Å². The van der Waals surface area contributed by atoms with Crippen molar-refractivity contribution in [2.45, 2.75) is 62.9 Å². The van der Waals surface area contributed by atoms with Crippen LogP contribution >= 0.6 is 23.6 Å². The molecule has 19 heteroatoms. The number of para-hydroxylation sites is 2. The number of aromatic nitrogens is 4. The molecular weight excluding hydrogens is 827 g/mol. The van der Waals surface area contributed by atoms with E-state index in [1.165, 1.54) is 29.3 Å². The van der Waals surface area contributed by atoms with Crippen LogP contribution in [0.5, 0.6) is 0 Å². The van der Waals surface area contributed by atoms with Crippen molar-refractivity contribution < 1.29 is 47.1 Å².